The van der Waals surface area contributed by atoms with E-state index in [2.05, 4.69) is 46.6 Å². The van der Waals surface area contributed by atoms with E-state index in [1.165, 1.54) is 11.9 Å². The third-order valence-corrected chi connectivity index (χ3v) is 4.99. The van der Waals surface area contributed by atoms with E-state index in [1.807, 2.05) is 24.3 Å². The number of rotatable bonds is 2. The molecule has 1 aliphatic carbocycles. The lowest BCUT2D eigenvalue weighted by atomic mass is 9.93. The second-order valence-electron chi connectivity index (χ2n) is 6.31. The molecule has 0 unspecified atom stereocenters. The Balaban J connectivity index is 1.73. The molecule has 0 spiro atoms. The number of nitrogens with one attached hydrogen (secondary N) is 1. The lowest BCUT2D eigenvalue weighted by molar-refractivity contribution is 0.102. The van der Waals surface area contributed by atoms with Crippen molar-refractivity contribution in [1.29, 1.82) is 0 Å². The Kier molecular flexibility index (Phi) is 2.91. The van der Waals surface area contributed by atoms with E-state index in [-0.39, 0.29) is 11.8 Å². The number of anilines is 1. The maximum Gasteiger partial charge on any atom is 0.226 e. The summed E-state index contributed by atoms with van der Waals surface area (Å²) in [6.07, 6.45) is 2.51. The normalized spacial score (nSPS) is 17.8. The topological polar surface area (TPSA) is 59.8 Å². The molecule has 1 atom stereocenters. The van der Waals surface area contributed by atoms with Crippen LogP contribution in [0.15, 0.2) is 60.4 Å². The van der Waals surface area contributed by atoms with E-state index in [1.54, 1.807) is 4.68 Å². The first-order chi connectivity index (χ1) is 12.3. The lowest BCUT2D eigenvalue weighted by Crippen LogP contribution is -2.25. The van der Waals surface area contributed by atoms with Crippen molar-refractivity contribution in [3.63, 3.8) is 0 Å². The van der Waals surface area contributed by atoms with Crippen molar-refractivity contribution in [3.8, 4) is 0 Å². The largest absolute Gasteiger partial charge is 0.323 e. The summed E-state index contributed by atoms with van der Waals surface area (Å²) in [7, 11) is 0. The van der Waals surface area contributed by atoms with Crippen molar-refractivity contribution in [2.45, 2.75) is 19.4 Å². The van der Waals surface area contributed by atoms with E-state index in [0.29, 0.717) is 5.95 Å². The van der Waals surface area contributed by atoms with E-state index < -0.39 is 0 Å². The molecule has 2 aromatic carbocycles. The number of ketones is 1. The average molecular weight is 328 g/mol. The van der Waals surface area contributed by atoms with Crippen molar-refractivity contribution < 1.29 is 4.79 Å². The molecule has 2 aliphatic rings. The monoisotopic (exact) mass is 328 g/mol. The summed E-state index contributed by atoms with van der Waals surface area (Å²) in [6.45, 7) is 2.13. The Hall–Kier alpha value is -3.21. The Morgan fingerprint density at radius 3 is 2.60 bits per heavy atom. The van der Waals surface area contributed by atoms with E-state index in [4.69, 9.17) is 0 Å². The molecule has 1 N–H and O–H groups in total. The van der Waals surface area contributed by atoms with Gasteiger partial charge >= 0.3 is 0 Å². The number of hydrogen-bond acceptors (Lipinski definition) is 4. The molecule has 25 heavy (non-hydrogen) atoms. The van der Waals surface area contributed by atoms with Crippen LogP contribution >= 0.6 is 0 Å². The molecular formula is C20H16N4O. The molecule has 0 radical (unpaired) electrons. The molecule has 1 aromatic heterocycles. The molecular weight excluding hydrogens is 312 g/mol. The quantitative estimate of drug-likeness (QED) is 0.782. The first kappa shape index (κ1) is 14.2. The van der Waals surface area contributed by atoms with Gasteiger partial charge < -0.3 is 5.32 Å². The third-order valence-electron chi connectivity index (χ3n) is 4.99. The molecule has 0 fully saturated rings. The fourth-order valence-corrected chi connectivity index (χ4v) is 3.70. The highest BCUT2D eigenvalue weighted by Gasteiger charge is 2.40. The van der Waals surface area contributed by atoms with Gasteiger partial charge in [0, 0.05) is 11.1 Å². The Morgan fingerprint density at radius 1 is 1.08 bits per heavy atom. The third kappa shape index (κ3) is 1.92. The summed E-state index contributed by atoms with van der Waals surface area (Å²) in [5.41, 5.74) is 5.58. The second kappa shape index (κ2) is 5.14. The molecule has 5 heteroatoms. The zero-order chi connectivity index (χ0) is 17.0. The van der Waals surface area contributed by atoms with Gasteiger partial charge in [0.2, 0.25) is 5.95 Å². The van der Waals surface area contributed by atoms with Crippen LogP contribution in [0.3, 0.4) is 0 Å². The number of carbonyl (C=O) groups excluding carboxylic acids is 1. The zero-order valence-corrected chi connectivity index (χ0v) is 13.7. The summed E-state index contributed by atoms with van der Waals surface area (Å²) in [5, 5.41) is 7.67. The van der Waals surface area contributed by atoms with Gasteiger partial charge in [-0.05, 0) is 17.5 Å². The summed E-state index contributed by atoms with van der Waals surface area (Å²) in [4.78, 5) is 17.4. The Bertz CT molecular complexity index is 1030. The van der Waals surface area contributed by atoms with Crippen LogP contribution < -0.4 is 5.32 Å². The smallest absolute Gasteiger partial charge is 0.226 e. The minimum atomic E-state index is -0.264. The molecule has 2 heterocycles. The first-order valence-electron chi connectivity index (χ1n) is 8.41. The fraction of sp³-hybridized carbons (Fsp3) is 0.150. The summed E-state index contributed by atoms with van der Waals surface area (Å²) < 4.78 is 1.80. The fourth-order valence-electron chi connectivity index (χ4n) is 3.70. The zero-order valence-electron chi connectivity index (χ0n) is 13.7. The highest BCUT2D eigenvalue weighted by molar-refractivity contribution is 6.23. The van der Waals surface area contributed by atoms with Gasteiger partial charge in [-0.25, -0.2) is 4.68 Å². The summed E-state index contributed by atoms with van der Waals surface area (Å²) >= 11 is 0. The number of nitrogens with zero attached hydrogens (tertiary/aromatic N) is 3. The maximum atomic E-state index is 13.1. The molecule has 0 saturated heterocycles. The van der Waals surface area contributed by atoms with Crippen LogP contribution in [0, 0.1) is 0 Å². The van der Waals surface area contributed by atoms with Crippen LogP contribution in [-0.4, -0.2) is 20.5 Å². The molecule has 0 bridgehead atoms. The van der Waals surface area contributed by atoms with E-state index in [0.717, 1.165) is 34.4 Å². The van der Waals surface area contributed by atoms with Crippen LogP contribution in [-0.2, 0) is 6.42 Å². The molecule has 0 saturated carbocycles. The van der Waals surface area contributed by atoms with Gasteiger partial charge in [-0.3, -0.25) is 4.79 Å². The molecule has 5 nitrogen and oxygen atoms in total. The van der Waals surface area contributed by atoms with E-state index in [9.17, 15) is 4.79 Å². The van der Waals surface area contributed by atoms with Crippen LogP contribution in [0.5, 0.6) is 0 Å². The highest BCUT2D eigenvalue weighted by Crippen LogP contribution is 2.44. The predicted octanol–water partition coefficient (Wildman–Crippen LogP) is 3.46. The van der Waals surface area contributed by atoms with Gasteiger partial charge in [0.25, 0.3) is 0 Å². The summed E-state index contributed by atoms with van der Waals surface area (Å²) in [6, 6.07) is 15.8. The number of benzene rings is 2. The van der Waals surface area contributed by atoms with Crippen LogP contribution in [0.1, 0.15) is 40.0 Å². The van der Waals surface area contributed by atoms with Gasteiger partial charge in [0.15, 0.2) is 5.78 Å². The van der Waals surface area contributed by atoms with Crippen molar-refractivity contribution in [3.05, 3.63) is 82.7 Å². The SMILES string of the molecule is CCc1ccc([C@@H]2C3=C(Nc4ncnn42)c2ccccc2C3=O)cc1. The number of allylic oxidation sites excluding steroid dienone is 1. The van der Waals surface area contributed by atoms with Crippen LogP contribution in [0.2, 0.25) is 0 Å². The van der Waals surface area contributed by atoms with Gasteiger partial charge in [0.1, 0.15) is 12.4 Å². The number of Topliss-reactive ketones (excluding diaryl/α,β-unsaturated/α-hetero) is 1. The second-order valence-corrected chi connectivity index (χ2v) is 6.31. The number of aromatic nitrogens is 3. The molecule has 122 valence electrons. The van der Waals surface area contributed by atoms with Crippen LogP contribution in [0.4, 0.5) is 5.95 Å². The highest BCUT2D eigenvalue weighted by atomic mass is 16.1. The standard InChI is InChI=1S/C20H16N4O/c1-2-12-7-9-13(10-8-12)18-16-17(23-20-21-11-22-24(18)20)14-5-3-4-6-15(14)19(16)25/h3-11,18H,2H2,1H3,(H,21,22,23)/t18-/m1/s1. The number of aryl methyl sites for hydroxylation is 1. The lowest BCUT2D eigenvalue weighted by Gasteiger charge is -2.26. The van der Waals surface area contributed by atoms with Gasteiger partial charge in [0.05, 0.1) is 11.3 Å². The molecule has 1 aliphatic heterocycles. The van der Waals surface area contributed by atoms with Crippen molar-refractivity contribution in [1.82, 2.24) is 14.8 Å². The van der Waals surface area contributed by atoms with Gasteiger partial charge in [-0.1, -0.05) is 55.5 Å². The first-order valence-corrected chi connectivity index (χ1v) is 8.41. The van der Waals surface area contributed by atoms with Gasteiger partial charge in [-0.15, -0.1) is 0 Å². The number of hydrogen-bond donors (Lipinski definition) is 1. The predicted molar refractivity (Wildman–Crippen MR) is 95.3 cm³/mol. The number of fused-ring (bicyclic) bond motifs is 3. The van der Waals surface area contributed by atoms with Crippen molar-refractivity contribution >= 4 is 17.4 Å². The minimum absolute atomic E-state index is 0.0591. The molecule has 3 aromatic rings. The summed E-state index contributed by atoms with van der Waals surface area (Å²) in [5.74, 6) is 0.719. The van der Waals surface area contributed by atoms with Crippen LogP contribution in [0.25, 0.3) is 5.70 Å². The average Bonchev–Trinajstić information content (AvgIpc) is 3.24. The molecule has 5 rings (SSSR count). The Morgan fingerprint density at radius 2 is 1.84 bits per heavy atom. The Labute approximate surface area is 145 Å². The minimum Gasteiger partial charge on any atom is -0.323 e. The number of carbonyl (C=O) groups is 1. The van der Waals surface area contributed by atoms with Crippen molar-refractivity contribution in [2.75, 3.05) is 5.32 Å². The van der Waals surface area contributed by atoms with Crippen molar-refractivity contribution in [2.24, 2.45) is 0 Å². The maximum absolute atomic E-state index is 13.1. The molecule has 0 amide bonds. The van der Waals surface area contributed by atoms with E-state index >= 15 is 0 Å². The van der Waals surface area contributed by atoms with Gasteiger partial charge in [-0.2, -0.15) is 10.1 Å².